The molecule has 0 radical (unpaired) electrons. The molecule has 0 saturated carbocycles. The number of benzene rings is 9. The van der Waals surface area contributed by atoms with Crippen LogP contribution in [0.15, 0.2) is 195 Å². The molecule has 0 amide bonds. The molecule has 4 nitrogen and oxygen atoms in total. The summed E-state index contributed by atoms with van der Waals surface area (Å²) in [6.45, 7) is 14.5. The third-order valence-corrected chi connectivity index (χ3v) is 17.6. The fourth-order valence-corrected chi connectivity index (χ4v) is 14.2. The van der Waals surface area contributed by atoms with E-state index in [0.717, 1.165) is 66.3 Å². The maximum absolute atomic E-state index is 7.08. The molecule has 16 rings (SSSR count). The van der Waals surface area contributed by atoms with Crippen molar-refractivity contribution in [3.8, 4) is 44.6 Å². The normalized spacial score (nSPS) is 15.8. The standard InChI is InChI=1S/C69H49NO3/c1-67(2)49-33-37(27-30-43(49)58-51(67)36-47(52-22-15-16-32-70-52)65-60(58)45-19-9-13-24-54(45)72-65)57(39-26-29-41-40-17-8-12-23-53(40)71-56(41)35-39)38-28-31-44-50(34-38)69(5,6)64-62(44)66-61(46-20-10-14-25-55(46)73-66)59-42-18-7-11-21-48(42)68(3,4)63(59)64/h7-36,57H,1-6H3. The highest BCUT2D eigenvalue weighted by molar-refractivity contribution is 6.21. The maximum atomic E-state index is 7.08. The summed E-state index contributed by atoms with van der Waals surface area (Å²) in [6.07, 6.45) is 1.87. The van der Waals surface area contributed by atoms with Crippen molar-refractivity contribution in [3.05, 3.63) is 232 Å². The summed E-state index contributed by atoms with van der Waals surface area (Å²) in [5, 5.41) is 6.92. The number of rotatable bonds is 4. The fourth-order valence-electron chi connectivity index (χ4n) is 14.2. The molecule has 0 aliphatic heterocycles. The Bertz CT molecular complexity index is 4590. The Morgan fingerprint density at radius 3 is 1.59 bits per heavy atom. The largest absolute Gasteiger partial charge is 0.456 e. The van der Waals surface area contributed by atoms with Gasteiger partial charge in [0, 0.05) is 71.8 Å². The van der Waals surface area contributed by atoms with Crippen LogP contribution in [0.2, 0.25) is 0 Å². The number of furan rings is 3. The van der Waals surface area contributed by atoms with E-state index in [-0.39, 0.29) is 22.2 Å². The molecule has 348 valence electrons. The zero-order valence-corrected chi connectivity index (χ0v) is 41.6. The van der Waals surface area contributed by atoms with Gasteiger partial charge in [0.1, 0.15) is 33.5 Å². The number of hydrogen-bond donors (Lipinski definition) is 0. The molecule has 9 aromatic carbocycles. The highest BCUT2D eigenvalue weighted by Gasteiger charge is 2.49. The number of fused-ring (bicyclic) bond motifs is 22. The van der Waals surface area contributed by atoms with Gasteiger partial charge in [0.15, 0.2) is 0 Å². The van der Waals surface area contributed by atoms with Crippen LogP contribution >= 0.6 is 0 Å². The summed E-state index contributed by atoms with van der Waals surface area (Å²) in [4.78, 5) is 4.86. The fraction of sp³-hybridized carbons (Fsp3) is 0.145. The molecule has 4 heterocycles. The lowest BCUT2D eigenvalue weighted by Gasteiger charge is -2.31. The average molecular weight is 940 g/mol. The van der Waals surface area contributed by atoms with Crippen LogP contribution in [0, 0.1) is 0 Å². The molecule has 0 bridgehead atoms. The topological polar surface area (TPSA) is 52.3 Å². The van der Waals surface area contributed by atoms with Crippen molar-refractivity contribution < 1.29 is 13.3 Å². The van der Waals surface area contributed by atoms with Crippen LogP contribution in [0.4, 0.5) is 0 Å². The first kappa shape index (κ1) is 41.2. The van der Waals surface area contributed by atoms with Crippen molar-refractivity contribution in [2.45, 2.75) is 63.7 Å². The molecule has 0 spiro atoms. The van der Waals surface area contributed by atoms with Crippen molar-refractivity contribution in [1.82, 2.24) is 4.98 Å². The first-order valence-corrected chi connectivity index (χ1v) is 25.7. The minimum Gasteiger partial charge on any atom is -0.456 e. The SMILES string of the molecule is CC1(C)c2cc(C(c3ccc4c(c3)C(C)(C)c3c5c(c6c(oc7ccccc76)c3-4)-c3ccccc3C5(C)C)c3ccc4c(c3)oc3ccccc34)ccc2-c2c1cc(-c1ccccn1)c1oc3ccccc3c21. The van der Waals surface area contributed by atoms with Crippen LogP contribution in [0.3, 0.4) is 0 Å². The number of aromatic nitrogens is 1. The summed E-state index contributed by atoms with van der Waals surface area (Å²) in [5.74, 6) is -0.122. The van der Waals surface area contributed by atoms with E-state index >= 15 is 0 Å². The van der Waals surface area contributed by atoms with E-state index in [1.54, 1.807) is 0 Å². The number of nitrogens with zero attached hydrogens (tertiary/aromatic N) is 1. The molecular weight excluding hydrogens is 891 g/mol. The van der Waals surface area contributed by atoms with E-state index in [1.165, 1.54) is 94.2 Å². The van der Waals surface area contributed by atoms with Crippen molar-refractivity contribution in [2.24, 2.45) is 0 Å². The molecule has 3 aliphatic carbocycles. The van der Waals surface area contributed by atoms with Gasteiger partial charge in [-0.2, -0.15) is 0 Å². The third kappa shape index (κ3) is 5.23. The molecule has 0 fully saturated rings. The molecule has 1 atom stereocenters. The Labute approximate surface area is 422 Å². The first-order chi connectivity index (χ1) is 35.5. The van der Waals surface area contributed by atoms with Gasteiger partial charge in [0.25, 0.3) is 0 Å². The summed E-state index contributed by atoms with van der Waals surface area (Å²) < 4.78 is 20.5. The van der Waals surface area contributed by atoms with Gasteiger partial charge in [-0.1, -0.05) is 175 Å². The van der Waals surface area contributed by atoms with Crippen molar-refractivity contribution in [1.29, 1.82) is 0 Å². The zero-order chi connectivity index (χ0) is 48.9. The van der Waals surface area contributed by atoms with E-state index in [0.29, 0.717) is 0 Å². The zero-order valence-electron chi connectivity index (χ0n) is 41.6. The minimum absolute atomic E-state index is 0.122. The van der Waals surface area contributed by atoms with Gasteiger partial charge in [-0.3, -0.25) is 4.98 Å². The molecule has 4 aromatic heterocycles. The lowest BCUT2D eigenvalue weighted by atomic mass is 9.71. The molecule has 73 heavy (non-hydrogen) atoms. The summed E-state index contributed by atoms with van der Waals surface area (Å²) in [5.41, 5.74) is 25.8. The Morgan fingerprint density at radius 1 is 0.356 bits per heavy atom. The lowest BCUT2D eigenvalue weighted by Crippen LogP contribution is -2.24. The molecule has 4 heteroatoms. The van der Waals surface area contributed by atoms with Crippen molar-refractivity contribution in [3.63, 3.8) is 0 Å². The van der Waals surface area contributed by atoms with Crippen LogP contribution in [0.1, 0.15) is 97.5 Å². The van der Waals surface area contributed by atoms with E-state index in [2.05, 4.69) is 211 Å². The van der Waals surface area contributed by atoms with E-state index < -0.39 is 0 Å². The van der Waals surface area contributed by atoms with Gasteiger partial charge in [0.2, 0.25) is 0 Å². The molecule has 3 aliphatic rings. The van der Waals surface area contributed by atoms with Crippen LogP contribution in [-0.4, -0.2) is 4.98 Å². The van der Waals surface area contributed by atoms with Crippen LogP contribution in [0.25, 0.3) is 110 Å². The van der Waals surface area contributed by atoms with E-state index in [1.807, 2.05) is 12.3 Å². The summed E-state index contributed by atoms with van der Waals surface area (Å²) >= 11 is 0. The Kier molecular flexibility index (Phi) is 7.86. The third-order valence-electron chi connectivity index (χ3n) is 17.6. The smallest absolute Gasteiger partial charge is 0.145 e. The Hall–Kier alpha value is -8.47. The highest BCUT2D eigenvalue weighted by Crippen LogP contribution is 2.64. The van der Waals surface area contributed by atoms with Crippen LogP contribution in [-0.2, 0) is 16.2 Å². The monoisotopic (exact) mass is 939 g/mol. The number of hydrogen-bond acceptors (Lipinski definition) is 4. The van der Waals surface area contributed by atoms with Gasteiger partial charge >= 0.3 is 0 Å². The second-order valence-corrected chi connectivity index (χ2v) is 22.5. The van der Waals surface area contributed by atoms with Gasteiger partial charge in [0.05, 0.1) is 5.69 Å². The molecular formula is C69H49NO3. The maximum Gasteiger partial charge on any atom is 0.145 e. The second kappa shape index (κ2) is 13.9. The second-order valence-electron chi connectivity index (χ2n) is 22.5. The Morgan fingerprint density at radius 2 is 0.877 bits per heavy atom. The summed E-state index contributed by atoms with van der Waals surface area (Å²) in [7, 11) is 0. The Balaban J connectivity index is 0.934. The van der Waals surface area contributed by atoms with Gasteiger partial charge < -0.3 is 13.3 Å². The predicted octanol–water partition coefficient (Wildman–Crippen LogP) is 18.5. The van der Waals surface area contributed by atoms with Gasteiger partial charge in [-0.05, 0) is 120 Å². The van der Waals surface area contributed by atoms with Crippen molar-refractivity contribution >= 4 is 65.8 Å². The molecule has 0 saturated heterocycles. The lowest BCUT2D eigenvalue weighted by molar-refractivity contribution is 0.599. The predicted molar refractivity (Wildman–Crippen MR) is 298 cm³/mol. The van der Waals surface area contributed by atoms with E-state index in [4.69, 9.17) is 18.2 Å². The quantitative estimate of drug-likeness (QED) is 0.165. The number of pyridine rings is 1. The first-order valence-electron chi connectivity index (χ1n) is 25.7. The summed E-state index contributed by atoms with van der Waals surface area (Å²) in [6, 6.07) is 64.5. The van der Waals surface area contributed by atoms with Crippen LogP contribution < -0.4 is 0 Å². The van der Waals surface area contributed by atoms with Crippen LogP contribution in [0.5, 0.6) is 0 Å². The highest BCUT2D eigenvalue weighted by atomic mass is 16.3. The van der Waals surface area contributed by atoms with E-state index in [9.17, 15) is 0 Å². The molecule has 0 N–H and O–H groups in total. The van der Waals surface area contributed by atoms with Gasteiger partial charge in [-0.15, -0.1) is 0 Å². The van der Waals surface area contributed by atoms with Crippen molar-refractivity contribution in [2.75, 3.05) is 0 Å². The molecule has 13 aromatic rings. The minimum atomic E-state index is -0.351. The number of para-hydroxylation sites is 3. The average Bonchev–Trinajstić information content (AvgIpc) is 4.35. The van der Waals surface area contributed by atoms with Gasteiger partial charge in [-0.25, -0.2) is 0 Å². The molecule has 1 unspecified atom stereocenters.